The van der Waals surface area contributed by atoms with E-state index < -0.39 is 5.97 Å². The summed E-state index contributed by atoms with van der Waals surface area (Å²) in [7, 11) is 0. The molecule has 3 rings (SSSR count). The molecule has 0 atom stereocenters. The van der Waals surface area contributed by atoms with E-state index in [9.17, 15) is 9.59 Å². The van der Waals surface area contributed by atoms with Crippen LogP contribution in [0.3, 0.4) is 0 Å². The first-order valence-corrected chi connectivity index (χ1v) is 7.70. The Morgan fingerprint density at radius 2 is 2.18 bits per heavy atom. The molecule has 1 aromatic carbocycles. The molecule has 5 nitrogen and oxygen atoms in total. The highest BCUT2D eigenvalue weighted by atomic mass is 35.5. The van der Waals surface area contributed by atoms with E-state index in [1.165, 1.54) is 11.3 Å². The minimum Gasteiger partial charge on any atom is -0.481 e. The van der Waals surface area contributed by atoms with Gasteiger partial charge >= 0.3 is 5.97 Å². The second-order valence-corrected chi connectivity index (χ2v) is 6.16. The summed E-state index contributed by atoms with van der Waals surface area (Å²) in [6, 6.07) is 5.06. The molecule has 0 bridgehead atoms. The Kier molecular flexibility index (Phi) is 3.72. The molecule has 0 aliphatic heterocycles. The molecule has 0 spiro atoms. The average molecular weight is 335 g/mol. The summed E-state index contributed by atoms with van der Waals surface area (Å²) >= 11 is 7.19. The molecule has 0 saturated carbocycles. The molecule has 3 aromatic rings. The van der Waals surface area contributed by atoms with Gasteiger partial charge in [0.05, 0.1) is 12.1 Å². The predicted octanol–water partition coefficient (Wildman–Crippen LogP) is 3.44. The van der Waals surface area contributed by atoms with Gasteiger partial charge in [-0.3, -0.25) is 9.59 Å². The Bertz CT molecular complexity index is 897. The predicted molar refractivity (Wildman–Crippen MR) is 84.9 cm³/mol. The second kappa shape index (κ2) is 5.55. The maximum atomic E-state index is 12.6. The van der Waals surface area contributed by atoms with E-state index in [0.717, 1.165) is 5.69 Å². The molecule has 0 unspecified atom stereocenters. The number of carboxylic acids is 1. The summed E-state index contributed by atoms with van der Waals surface area (Å²) < 4.78 is 0. The van der Waals surface area contributed by atoms with Crippen LogP contribution in [0.15, 0.2) is 23.6 Å². The number of nitrogens with one attached hydrogen (secondary N) is 1. The molecule has 22 heavy (non-hydrogen) atoms. The Labute approximate surface area is 134 Å². The van der Waals surface area contributed by atoms with Crippen LogP contribution in [0, 0.1) is 6.92 Å². The van der Waals surface area contributed by atoms with Gasteiger partial charge in [-0.2, -0.15) is 0 Å². The van der Waals surface area contributed by atoms with Gasteiger partial charge in [0.1, 0.15) is 0 Å². The van der Waals surface area contributed by atoms with Gasteiger partial charge in [0.2, 0.25) is 5.78 Å². The third-order valence-electron chi connectivity index (χ3n) is 3.24. The van der Waals surface area contributed by atoms with E-state index in [2.05, 4.69) is 9.97 Å². The van der Waals surface area contributed by atoms with Crippen molar-refractivity contribution in [2.24, 2.45) is 0 Å². The summed E-state index contributed by atoms with van der Waals surface area (Å²) in [5.74, 6) is -1.30. The number of aromatic amines is 1. The molecule has 0 radical (unpaired) electrons. The number of H-pyrrole nitrogens is 1. The van der Waals surface area contributed by atoms with E-state index in [1.54, 1.807) is 30.5 Å². The van der Waals surface area contributed by atoms with Crippen LogP contribution in [-0.4, -0.2) is 26.8 Å². The zero-order chi connectivity index (χ0) is 15.9. The lowest BCUT2D eigenvalue weighted by molar-refractivity contribution is -0.136. The first-order valence-electron chi connectivity index (χ1n) is 6.44. The lowest BCUT2D eigenvalue weighted by Crippen LogP contribution is -2.08. The van der Waals surface area contributed by atoms with E-state index >= 15 is 0 Å². The summed E-state index contributed by atoms with van der Waals surface area (Å²) in [5, 5.41) is 12.4. The van der Waals surface area contributed by atoms with Crippen molar-refractivity contribution in [1.29, 1.82) is 0 Å². The van der Waals surface area contributed by atoms with Gasteiger partial charge in [-0.15, -0.1) is 11.3 Å². The van der Waals surface area contributed by atoms with Crippen LogP contribution in [0.5, 0.6) is 0 Å². The fraction of sp³-hybridized carbons (Fsp3) is 0.133. The molecular formula is C15H11ClN2O3S. The van der Waals surface area contributed by atoms with Crippen molar-refractivity contribution in [3.05, 3.63) is 50.6 Å². The number of carboxylic acid groups (broad SMARTS) is 1. The molecule has 0 aliphatic carbocycles. The third-order valence-corrected chi connectivity index (χ3v) is 4.43. The minimum atomic E-state index is -1.000. The summed E-state index contributed by atoms with van der Waals surface area (Å²) in [6.07, 6.45) is -0.243. The van der Waals surface area contributed by atoms with Crippen molar-refractivity contribution >= 4 is 45.6 Å². The fourth-order valence-corrected chi connectivity index (χ4v) is 3.23. The number of carbonyl (C=O) groups excluding carboxylic acids is 1. The molecule has 7 heteroatoms. The van der Waals surface area contributed by atoms with Crippen LogP contribution in [-0.2, 0) is 11.2 Å². The van der Waals surface area contributed by atoms with Crippen LogP contribution in [0.4, 0.5) is 0 Å². The van der Waals surface area contributed by atoms with Crippen LogP contribution in [0.1, 0.15) is 26.8 Å². The standard InChI is InChI=1S/C15H11ClN2O3S/c1-7-6-22-15(17-7)14(21)13-10(5-12(19)20)9-3-2-8(16)4-11(9)18-13/h2-4,6,18H,5H2,1H3,(H,19,20). The Balaban J connectivity index is 2.18. The normalized spacial score (nSPS) is 11.0. The highest BCUT2D eigenvalue weighted by Crippen LogP contribution is 2.28. The molecule has 112 valence electrons. The maximum absolute atomic E-state index is 12.6. The van der Waals surface area contributed by atoms with Crippen molar-refractivity contribution in [3.8, 4) is 0 Å². The van der Waals surface area contributed by atoms with E-state index in [4.69, 9.17) is 16.7 Å². The lowest BCUT2D eigenvalue weighted by Gasteiger charge is -1.99. The maximum Gasteiger partial charge on any atom is 0.307 e. The van der Waals surface area contributed by atoms with Crippen LogP contribution < -0.4 is 0 Å². The Morgan fingerprint density at radius 1 is 1.41 bits per heavy atom. The third kappa shape index (κ3) is 2.63. The quantitative estimate of drug-likeness (QED) is 0.716. The molecule has 0 fully saturated rings. The summed E-state index contributed by atoms with van der Waals surface area (Å²) in [4.78, 5) is 30.9. The van der Waals surface area contributed by atoms with E-state index in [0.29, 0.717) is 26.5 Å². The number of halogens is 1. The van der Waals surface area contributed by atoms with Gasteiger partial charge in [0.25, 0.3) is 0 Å². The van der Waals surface area contributed by atoms with Gasteiger partial charge in [0, 0.05) is 32.6 Å². The molecule has 2 N–H and O–H groups in total. The number of ketones is 1. The summed E-state index contributed by atoms with van der Waals surface area (Å²) in [5.41, 5.74) is 2.11. The number of hydrogen-bond acceptors (Lipinski definition) is 4. The highest BCUT2D eigenvalue weighted by molar-refractivity contribution is 7.12. The average Bonchev–Trinajstić information content (AvgIpc) is 3.02. The number of fused-ring (bicyclic) bond motifs is 1. The van der Waals surface area contributed by atoms with Crippen molar-refractivity contribution in [1.82, 2.24) is 9.97 Å². The van der Waals surface area contributed by atoms with E-state index in [1.807, 2.05) is 0 Å². The topological polar surface area (TPSA) is 83.0 Å². The molecular weight excluding hydrogens is 324 g/mol. The SMILES string of the molecule is Cc1csc(C(=O)c2[nH]c3cc(Cl)ccc3c2CC(=O)O)n1. The zero-order valence-electron chi connectivity index (χ0n) is 11.5. The van der Waals surface area contributed by atoms with Gasteiger partial charge in [-0.25, -0.2) is 4.98 Å². The van der Waals surface area contributed by atoms with Gasteiger partial charge in [0.15, 0.2) is 5.01 Å². The number of aromatic nitrogens is 2. The summed E-state index contributed by atoms with van der Waals surface area (Å²) in [6.45, 7) is 1.80. The number of aryl methyl sites for hydroxylation is 1. The number of carbonyl (C=O) groups is 2. The van der Waals surface area contributed by atoms with Crippen molar-refractivity contribution in [2.75, 3.05) is 0 Å². The molecule has 2 heterocycles. The van der Waals surface area contributed by atoms with E-state index in [-0.39, 0.29) is 17.9 Å². The number of benzene rings is 1. The molecule has 0 amide bonds. The molecule has 2 aromatic heterocycles. The highest BCUT2D eigenvalue weighted by Gasteiger charge is 2.22. The fourth-order valence-electron chi connectivity index (χ4n) is 2.32. The lowest BCUT2D eigenvalue weighted by atomic mass is 10.1. The Hall–Kier alpha value is -2.18. The number of nitrogens with zero attached hydrogens (tertiary/aromatic N) is 1. The number of hydrogen-bond donors (Lipinski definition) is 2. The van der Waals surface area contributed by atoms with Crippen LogP contribution in [0.25, 0.3) is 10.9 Å². The van der Waals surface area contributed by atoms with Crippen LogP contribution in [0.2, 0.25) is 5.02 Å². The molecule has 0 aliphatic rings. The minimum absolute atomic E-state index is 0.243. The zero-order valence-corrected chi connectivity index (χ0v) is 13.1. The first kappa shape index (κ1) is 14.7. The van der Waals surface area contributed by atoms with Crippen LogP contribution >= 0.6 is 22.9 Å². The monoisotopic (exact) mass is 334 g/mol. The van der Waals surface area contributed by atoms with Crippen molar-refractivity contribution < 1.29 is 14.7 Å². The Morgan fingerprint density at radius 3 is 2.82 bits per heavy atom. The largest absolute Gasteiger partial charge is 0.481 e. The van der Waals surface area contributed by atoms with Gasteiger partial charge in [-0.05, 0) is 19.1 Å². The smallest absolute Gasteiger partial charge is 0.307 e. The van der Waals surface area contributed by atoms with Crippen molar-refractivity contribution in [2.45, 2.75) is 13.3 Å². The molecule has 0 saturated heterocycles. The second-order valence-electron chi connectivity index (χ2n) is 4.86. The van der Waals surface area contributed by atoms with Gasteiger partial charge < -0.3 is 10.1 Å². The number of aliphatic carboxylic acids is 1. The van der Waals surface area contributed by atoms with Crippen molar-refractivity contribution in [3.63, 3.8) is 0 Å². The van der Waals surface area contributed by atoms with Gasteiger partial charge in [-0.1, -0.05) is 17.7 Å². The number of rotatable bonds is 4. The first-order chi connectivity index (χ1) is 10.5. The number of thiazole rings is 1.